The molecule has 4 rings (SSSR count). The fourth-order valence-electron chi connectivity index (χ4n) is 4.16. The first-order chi connectivity index (χ1) is 15.3. The maximum absolute atomic E-state index is 13.2. The molecule has 2 aliphatic rings. The van der Waals surface area contributed by atoms with E-state index < -0.39 is 15.8 Å². The van der Waals surface area contributed by atoms with Crippen molar-refractivity contribution >= 4 is 38.2 Å². The smallest absolute Gasteiger partial charge is 0.317 e. The third kappa shape index (κ3) is 4.96. The maximum Gasteiger partial charge on any atom is 0.317 e. The van der Waals surface area contributed by atoms with Crippen LogP contribution in [0.5, 0.6) is 0 Å². The van der Waals surface area contributed by atoms with Gasteiger partial charge in [0, 0.05) is 31.2 Å². The summed E-state index contributed by atoms with van der Waals surface area (Å²) in [6.07, 6.45) is 4.53. The summed E-state index contributed by atoms with van der Waals surface area (Å²) >= 11 is 1.41. The molecule has 0 bridgehead atoms. The van der Waals surface area contributed by atoms with Gasteiger partial charge in [-0.3, -0.25) is 4.79 Å². The number of sulfone groups is 1. The highest BCUT2D eigenvalue weighted by Crippen LogP contribution is 2.35. The number of carbonyl (C=O) groups excluding carboxylic acids is 2. The Balaban J connectivity index is 1.54. The van der Waals surface area contributed by atoms with Crippen LogP contribution in [-0.2, 0) is 14.6 Å². The third-order valence-corrected chi connectivity index (χ3v) is 9.20. The van der Waals surface area contributed by atoms with E-state index in [2.05, 4.69) is 15.6 Å². The van der Waals surface area contributed by atoms with Crippen molar-refractivity contribution in [3.05, 3.63) is 40.9 Å². The summed E-state index contributed by atoms with van der Waals surface area (Å²) in [5.41, 5.74) is 0.768. The van der Waals surface area contributed by atoms with E-state index >= 15 is 0 Å². The van der Waals surface area contributed by atoms with Crippen molar-refractivity contribution in [1.82, 2.24) is 15.2 Å². The Morgan fingerprint density at radius 1 is 1.22 bits per heavy atom. The van der Waals surface area contributed by atoms with Crippen molar-refractivity contribution in [2.45, 2.75) is 48.7 Å². The zero-order valence-electron chi connectivity index (χ0n) is 18.2. The SMILES string of the molecule is CNC(=O)N1CC[C@H](CC(C(=O)Nc2ncc(C)s2)c2ccc(S(=O)(=O)C3CC3)cc2)C1. The minimum absolute atomic E-state index is 0.110. The number of urea groups is 1. The molecule has 1 aliphatic carbocycles. The topological polar surface area (TPSA) is 108 Å². The molecule has 1 saturated heterocycles. The molecule has 2 N–H and O–H groups in total. The van der Waals surface area contributed by atoms with Crippen molar-refractivity contribution < 1.29 is 18.0 Å². The lowest BCUT2D eigenvalue weighted by atomic mass is 9.87. The zero-order valence-corrected chi connectivity index (χ0v) is 19.8. The number of likely N-dealkylation sites (tertiary alicyclic amines) is 1. The number of aromatic nitrogens is 1. The Morgan fingerprint density at radius 3 is 2.53 bits per heavy atom. The molecule has 2 atom stereocenters. The lowest BCUT2D eigenvalue weighted by Crippen LogP contribution is -2.36. The quantitative estimate of drug-likeness (QED) is 0.638. The van der Waals surface area contributed by atoms with Gasteiger partial charge in [-0.15, -0.1) is 11.3 Å². The van der Waals surface area contributed by atoms with E-state index in [0.717, 1.165) is 16.9 Å². The van der Waals surface area contributed by atoms with E-state index in [1.165, 1.54) is 11.3 Å². The molecule has 10 heteroatoms. The van der Waals surface area contributed by atoms with Gasteiger partial charge in [-0.25, -0.2) is 18.2 Å². The Labute approximate surface area is 192 Å². The summed E-state index contributed by atoms with van der Waals surface area (Å²) in [7, 11) is -1.67. The lowest BCUT2D eigenvalue weighted by Gasteiger charge is -2.21. The molecule has 0 radical (unpaired) electrons. The average Bonchev–Trinajstić information content (AvgIpc) is 3.42. The number of rotatable bonds is 7. The number of thiazole rings is 1. The average molecular weight is 477 g/mol. The summed E-state index contributed by atoms with van der Waals surface area (Å²) in [6.45, 7) is 3.17. The van der Waals surface area contributed by atoms with Crippen LogP contribution in [0.2, 0.25) is 0 Å². The molecule has 3 amide bonds. The monoisotopic (exact) mass is 476 g/mol. The minimum Gasteiger partial charge on any atom is -0.341 e. The van der Waals surface area contributed by atoms with E-state index in [9.17, 15) is 18.0 Å². The molecule has 1 unspecified atom stereocenters. The normalized spacial score (nSPS) is 19.6. The van der Waals surface area contributed by atoms with Crippen LogP contribution in [0.3, 0.4) is 0 Å². The van der Waals surface area contributed by atoms with Crippen molar-refractivity contribution in [2.24, 2.45) is 5.92 Å². The number of hydrogen-bond acceptors (Lipinski definition) is 6. The molecule has 2 fully saturated rings. The molecule has 1 aromatic carbocycles. The molecule has 8 nitrogen and oxygen atoms in total. The largest absolute Gasteiger partial charge is 0.341 e. The van der Waals surface area contributed by atoms with Gasteiger partial charge >= 0.3 is 6.03 Å². The van der Waals surface area contributed by atoms with Crippen LogP contribution in [0.4, 0.5) is 9.93 Å². The molecule has 32 heavy (non-hydrogen) atoms. The fourth-order valence-corrected chi connectivity index (χ4v) is 6.49. The fraction of sp³-hybridized carbons (Fsp3) is 0.500. The van der Waals surface area contributed by atoms with Crippen LogP contribution in [0.1, 0.15) is 42.0 Å². The summed E-state index contributed by atoms with van der Waals surface area (Å²) in [5, 5.41) is 5.84. The molecule has 1 aromatic heterocycles. The second-order valence-electron chi connectivity index (χ2n) is 8.52. The Morgan fingerprint density at radius 2 is 1.94 bits per heavy atom. The van der Waals surface area contributed by atoms with Gasteiger partial charge in [0.15, 0.2) is 15.0 Å². The summed E-state index contributed by atoms with van der Waals surface area (Å²) < 4.78 is 25.1. The number of hydrogen-bond donors (Lipinski definition) is 2. The van der Waals surface area contributed by atoms with Crippen LogP contribution in [-0.4, -0.2) is 55.6 Å². The van der Waals surface area contributed by atoms with Gasteiger partial charge in [0.2, 0.25) is 5.91 Å². The van der Waals surface area contributed by atoms with E-state index in [0.29, 0.717) is 42.4 Å². The number of benzene rings is 1. The van der Waals surface area contributed by atoms with Crippen molar-refractivity contribution in [3.63, 3.8) is 0 Å². The number of nitrogens with one attached hydrogen (secondary N) is 2. The van der Waals surface area contributed by atoms with Crippen molar-refractivity contribution in [1.29, 1.82) is 0 Å². The summed E-state index contributed by atoms with van der Waals surface area (Å²) in [4.78, 5) is 32.5. The standard InChI is InChI=1S/C22H28N4O4S2/c1-14-12-24-21(31-14)25-20(27)19(11-15-9-10-26(13-15)22(28)23-2)16-3-5-17(6-4-16)32(29,30)18-7-8-18/h3-6,12,15,18-19H,7-11,13H2,1-2H3,(H,23,28)(H,24,25,27)/t15-,19?/m1/s1. The number of amides is 3. The van der Waals surface area contributed by atoms with Gasteiger partial charge in [0.1, 0.15) is 0 Å². The number of aryl methyl sites for hydroxylation is 1. The van der Waals surface area contributed by atoms with Gasteiger partial charge in [0.25, 0.3) is 0 Å². The first-order valence-corrected chi connectivity index (χ1v) is 13.2. The predicted octanol–water partition coefficient (Wildman–Crippen LogP) is 3.16. The van der Waals surface area contributed by atoms with Crippen LogP contribution in [0.15, 0.2) is 35.4 Å². The van der Waals surface area contributed by atoms with Crippen LogP contribution in [0, 0.1) is 12.8 Å². The zero-order chi connectivity index (χ0) is 22.9. The van der Waals surface area contributed by atoms with Gasteiger partial charge in [-0.2, -0.15) is 0 Å². The first-order valence-electron chi connectivity index (χ1n) is 10.8. The third-order valence-electron chi connectivity index (χ3n) is 6.10. The first kappa shape index (κ1) is 22.7. The van der Waals surface area contributed by atoms with Crippen LogP contribution in [0.25, 0.3) is 0 Å². The van der Waals surface area contributed by atoms with E-state index in [1.54, 1.807) is 42.4 Å². The van der Waals surface area contributed by atoms with Crippen LogP contribution >= 0.6 is 11.3 Å². The van der Waals surface area contributed by atoms with E-state index in [4.69, 9.17) is 0 Å². The van der Waals surface area contributed by atoms with E-state index in [-0.39, 0.29) is 23.1 Å². The summed E-state index contributed by atoms with van der Waals surface area (Å²) in [5.74, 6) is -0.460. The number of nitrogens with zero attached hydrogens (tertiary/aromatic N) is 2. The number of anilines is 1. The molecular formula is C22H28N4O4S2. The van der Waals surface area contributed by atoms with Gasteiger partial charge < -0.3 is 15.5 Å². The van der Waals surface area contributed by atoms with Crippen molar-refractivity contribution in [2.75, 3.05) is 25.5 Å². The molecule has 172 valence electrons. The second-order valence-corrected chi connectivity index (χ2v) is 12.0. The second kappa shape index (κ2) is 9.19. The molecule has 1 saturated carbocycles. The minimum atomic E-state index is -3.28. The van der Waals surface area contributed by atoms with Gasteiger partial charge in [-0.05, 0) is 56.2 Å². The lowest BCUT2D eigenvalue weighted by molar-refractivity contribution is -0.118. The maximum atomic E-state index is 13.2. The van der Waals surface area contributed by atoms with E-state index in [1.807, 2.05) is 6.92 Å². The predicted molar refractivity (Wildman–Crippen MR) is 124 cm³/mol. The highest BCUT2D eigenvalue weighted by atomic mass is 32.2. The van der Waals surface area contributed by atoms with Gasteiger partial charge in [-0.1, -0.05) is 12.1 Å². The molecule has 1 aliphatic heterocycles. The highest BCUT2D eigenvalue weighted by Gasteiger charge is 2.37. The highest BCUT2D eigenvalue weighted by molar-refractivity contribution is 7.92. The summed E-state index contributed by atoms with van der Waals surface area (Å²) in [6, 6.07) is 6.61. The molecule has 2 aromatic rings. The Hall–Kier alpha value is -2.46. The number of carbonyl (C=O) groups is 2. The Bertz CT molecular complexity index is 1090. The van der Waals surface area contributed by atoms with Crippen molar-refractivity contribution in [3.8, 4) is 0 Å². The molecule has 0 spiro atoms. The molecular weight excluding hydrogens is 448 g/mol. The van der Waals surface area contributed by atoms with Gasteiger partial charge in [0.05, 0.1) is 16.1 Å². The Kier molecular flexibility index (Phi) is 6.52. The van der Waals surface area contributed by atoms with Crippen LogP contribution < -0.4 is 10.6 Å². The molecule has 2 heterocycles.